The van der Waals surface area contributed by atoms with E-state index >= 15 is 0 Å². The van der Waals surface area contributed by atoms with E-state index < -0.39 is 34.0 Å². The summed E-state index contributed by atoms with van der Waals surface area (Å²) in [4.78, 5) is 27.7. The summed E-state index contributed by atoms with van der Waals surface area (Å²) in [5.74, 6) is 0.321. The van der Waals surface area contributed by atoms with Gasteiger partial charge >= 0.3 is 6.09 Å². The molecule has 2 amide bonds. The summed E-state index contributed by atoms with van der Waals surface area (Å²) in [5, 5.41) is 0. The number of hydrogen-bond donors (Lipinski definition) is 0. The van der Waals surface area contributed by atoms with Crippen molar-refractivity contribution in [1.29, 1.82) is 0 Å². The van der Waals surface area contributed by atoms with Crippen molar-refractivity contribution in [3.63, 3.8) is 0 Å². The third kappa shape index (κ3) is 2.65. The Hall–Kier alpha value is -2.37. The largest absolute Gasteiger partial charge is 0.489 e. The van der Waals surface area contributed by atoms with E-state index in [0.717, 1.165) is 6.26 Å². The molecule has 4 aliphatic rings. The Balaban J connectivity index is 1.43. The van der Waals surface area contributed by atoms with Gasteiger partial charge < -0.3 is 19.1 Å². The molecule has 0 aromatic heterocycles. The lowest BCUT2D eigenvalue weighted by molar-refractivity contribution is -0.125. The van der Waals surface area contributed by atoms with Gasteiger partial charge in [0.25, 0.3) is 16.0 Å². The van der Waals surface area contributed by atoms with Crippen molar-refractivity contribution in [3.05, 3.63) is 18.2 Å². The Kier molecular flexibility index (Phi) is 3.68. The van der Waals surface area contributed by atoms with Crippen LogP contribution in [-0.2, 0) is 28.6 Å². The molecule has 3 fully saturated rings. The van der Waals surface area contributed by atoms with Gasteiger partial charge in [-0.25, -0.2) is 4.79 Å². The summed E-state index contributed by atoms with van der Waals surface area (Å²) in [6.45, 7) is 1.07. The van der Waals surface area contributed by atoms with Gasteiger partial charge in [0.05, 0.1) is 18.6 Å². The van der Waals surface area contributed by atoms with E-state index in [2.05, 4.69) is 0 Å². The number of amides is 2. The number of carbonyl (C=O) groups excluding carboxylic acids is 2. The van der Waals surface area contributed by atoms with Crippen LogP contribution < -0.4 is 14.5 Å². The Bertz CT molecular complexity index is 979. The van der Waals surface area contributed by atoms with Gasteiger partial charge in [-0.05, 0) is 12.1 Å². The molecule has 0 radical (unpaired) electrons. The first-order valence-corrected chi connectivity index (χ1v) is 10.7. The lowest BCUT2D eigenvalue weighted by Crippen LogP contribution is -2.47. The highest BCUT2D eigenvalue weighted by Gasteiger charge is 2.72. The van der Waals surface area contributed by atoms with Crippen molar-refractivity contribution < 1.29 is 36.4 Å². The Morgan fingerprint density at radius 1 is 1.29 bits per heavy atom. The van der Waals surface area contributed by atoms with Gasteiger partial charge in [-0.1, -0.05) is 0 Å². The first-order chi connectivity index (χ1) is 13.3. The second-order valence-corrected chi connectivity index (χ2v) is 8.86. The maximum atomic E-state index is 12.5. The highest BCUT2D eigenvalue weighted by molar-refractivity contribution is 7.86. The van der Waals surface area contributed by atoms with Crippen LogP contribution in [0.15, 0.2) is 18.2 Å². The molecule has 1 spiro atoms. The maximum absolute atomic E-state index is 12.5. The molecule has 3 aliphatic heterocycles. The van der Waals surface area contributed by atoms with Gasteiger partial charge in [0, 0.05) is 24.7 Å². The summed E-state index contributed by atoms with van der Waals surface area (Å²) in [5.41, 5.74) is 0.168. The molecule has 2 unspecified atom stereocenters. The van der Waals surface area contributed by atoms with E-state index in [1.807, 2.05) is 0 Å². The van der Waals surface area contributed by atoms with Crippen LogP contribution >= 0.6 is 0 Å². The number of hydrogen-bond acceptors (Lipinski definition) is 8. The van der Waals surface area contributed by atoms with Crippen LogP contribution in [-0.4, -0.2) is 70.8 Å². The average Bonchev–Trinajstić information content (AvgIpc) is 3.21. The van der Waals surface area contributed by atoms with E-state index in [1.165, 1.54) is 4.90 Å². The van der Waals surface area contributed by atoms with E-state index in [9.17, 15) is 18.0 Å². The lowest BCUT2D eigenvalue weighted by atomic mass is 10.1. The van der Waals surface area contributed by atoms with E-state index in [4.69, 9.17) is 18.4 Å². The summed E-state index contributed by atoms with van der Waals surface area (Å²) in [7, 11) is -3.66. The number of rotatable bonds is 3. The zero-order chi connectivity index (χ0) is 19.7. The van der Waals surface area contributed by atoms with Crippen molar-refractivity contribution in [2.45, 2.75) is 24.2 Å². The van der Waals surface area contributed by atoms with Crippen LogP contribution in [0.1, 0.15) is 6.42 Å². The zero-order valence-electron chi connectivity index (χ0n) is 15.0. The fraction of sp³-hybridized carbons (Fsp3) is 0.529. The highest BCUT2D eigenvalue weighted by atomic mass is 32.2. The molecule has 2 saturated heterocycles. The van der Waals surface area contributed by atoms with Crippen LogP contribution in [0.25, 0.3) is 0 Å². The summed E-state index contributed by atoms with van der Waals surface area (Å²) in [6.07, 6.45) is -0.0121. The van der Waals surface area contributed by atoms with Gasteiger partial charge in [-0.3, -0.25) is 13.9 Å². The summed E-state index contributed by atoms with van der Waals surface area (Å²) >= 11 is 0. The summed E-state index contributed by atoms with van der Waals surface area (Å²) in [6, 6.07) is 4.68. The molecule has 28 heavy (non-hydrogen) atoms. The van der Waals surface area contributed by atoms with Gasteiger partial charge in [0.15, 0.2) is 5.60 Å². The van der Waals surface area contributed by atoms with Crippen LogP contribution in [0, 0.1) is 0 Å². The smallest absolute Gasteiger partial charge is 0.415 e. The Morgan fingerprint density at radius 3 is 2.86 bits per heavy atom. The Morgan fingerprint density at radius 2 is 2.11 bits per heavy atom. The minimum absolute atomic E-state index is 0.0305. The third-order valence-electron chi connectivity index (χ3n) is 5.43. The molecule has 1 aromatic carbocycles. The van der Waals surface area contributed by atoms with Gasteiger partial charge in [-0.15, -0.1) is 0 Å². The first kappa shape index (κ1) is 17.7. The number of carbonyl (C=O) groups is 2. The number of morpholine rings is 1. The average molecular weight is 410 g/mol. The molecule has 0 N–H and O–H groups in total. The van der Waals surface area contributed by atoms with Crippen molar-refractivity contribution in [3.8, 4) is 5.75 Å². The molecular weight excluding hydrogens is 392 g/mol. The highest BCUT2D eigenvalue weighted by Crippen LogP contribution is 2.55. The van der Waals surface area contributed by atoms with Crippen LogP contribution in [0.3, 0.4) is 0 Å². The molecule has 1 saturated carbocycles. The Labute approximate surface area is 161 Å². The zero-order valence-corrected chi connectivity index (χ0v) is 15.8. The second kappa shape index (κ2) is 5.82. The maximum Gasteiger partial charge on any atom is 0.415 e. The second-order valence-electron chi connectivity index (χ2n) is 7.26. The molecule has 1 aliphatic carbocycles. The summed E-state index contributed by atoms with van der Waals surface area (Å²) < 4.78 is 44.4. The van der Waals surface area contributed by atoms with E-state index in [-0.39, 0.29) is 19.1 Å². The van der Waals surface area contributed by atoms with Crippen molar-refractivity contribution in [2.75, 3.05) is 42.4 Å². The van der Waals surface area contributed by atoms with E-state index in [1.54, 1.807) is 23.1 Å². The number of anilines is 2. The third-order valence-corrected chi connectivity index (χ3v) is 6.01. The quantitative estimate of drug-likeness (QED) is 0.652. The van der Waals surface area contributed by atoms with Gasteiger partial charge in [0.2, 0.25) is 0 Å². The molecule has 11 heteroatoms. The minimum Gasteiger partial charge on any atom is -0.489 e. The fourth-order valence-corrected chi connectivity index (χ4v) is 4.72. The predicted octanol–water partition coefficient (Wildman–Crippen LogP) is 0.255. The minimum atomic E-state index is -3.66. The van der Waals surface area contributed by atoms with Crippen molar-refractivity contribution in [1.82, 2.24) is 0 Å². The molecule has 150 valence electrons. The molecular formula is C17H18N2O8S. The number of ether oxygens (including phenoxy) is 3. The van der Waals surface area contributed by atoms with E-state index in [0.29, 0.717) is 36.7 Å². The molecule has 10 nitrogen and oxygen atoms in total. The van der Waals surface area contributed by atoms with Crippen molar-refractivity contribution in [2.24, 2.45) is 0 Å². The molecule has 5 rings (SSSR count). The standard InChI is InChI=1S/C17H18N2O8S/c1-28(22,23)27-14-7-17(14)13-8-25-12-6-10(18-4-5-24-9-15(18)20)2-3-11(12)19(13)16(21)26-17/h2-3,6,13-14H,4-5,7-9H2,1H3/t13-,14?,17?/m0/s1. The topological polar surface area (TPSA) is 112 Å². The lowest BCUT2D eigenvalue weighted by Gasteiger charge is -2.33. The predicted molar refractivity (Wildman–Crippen MR) is 94.9 cm³/mol. The first-order valence-electron chi connectivity index (χ1n) is 8.84. The molecule has 0 bridgehead atoms. The molecule has 1 aromatic rings. The number of fused-ring (bicyclic) bond motifs is 4. The SMILES string of the molecule is CS(=O)(=O)OC1CC12OC(=O)N1c3ccc(N4CCOCC4=O)cc3OC[C@H]12. The van der Waals surface area contributed by atoms with Gasteiger partial charge in [0.1, 0.15) is 31.1 Å². The van der Waals surface area contributed by atoms with Crippen LogP contribution in [0.4, 0.5) is 16.2 Å². The van der Waals surface area contributed by atoms with Crippen LogP contribution in [0.5, 0.6) is 5.75 Å². The molecule has 3 heterocycles. The van der Waals surface area contributed by atoms with Crippen molar-refractivity contribution >= 4 is 33.5 Å². The molecule has 3 atom stereocenters. The normalized spacial score (nSPS) is 31.3. The van der Waals surface area contributed by atoms with Crippen LogP contribution in [0.2, 0.25) is 0 Å². The number of benzene rings is 1. The van der Waals surface area contributed by atoms with Gasteiger partial charge in [-0.2, -0.15) is 8.42 Å². The fourth-order valence-electron chi connectivity index (χ4n) is 4.07. The number of nitrogens with zero attached hydrogens (tertiary/aromatic N) is 2. The monoisotopic (exact) mass is 410 g/mol.